The van der Waals surface area contributed by atoms with Crippen LogP contribution in [-0.2, 0) is 4.74 Å². The molecule has 2 aliphatic heterocycles. The van der Waals surface area contributed by atoms with E-state index in [0.717, 1.165) is 6.42 Å². The predicted molar refractivity (Wildman–Crippen MR) is 60.4 cm³/mol. The van der Waals surface area contributed by atoms with Crippen molar-refractivity contribution in [1.82, 2.24) is 4.90 Å². The van der Waals surface area contributed by atoms with Crippen LogP contribution in [0.4, 0.5) is 9.18 Å². The molecular formula is C12H20FNO3. The highest BCUT2D eigenvalue weighted by Gasteiger charge is 2.49. The zero-order valence-corrected chi connectivity index (χ0v) is 10.5. The van der Waals surface area contributed by atoms with Crippen molar-refractivity contribution in [3.05, 3.63) is 0 Å². The van der Waals surface area contributed by atoms with Gasteiger partial charge in [0.05, 0.1) is 12.1 Å². The minimum atomic E-state index is -1.34. The van der Waals surface area contributed by atoms with Gasteiger partial charge in [0.15, 0.2) is 0 Å². The molecule has 0 aromatic rings. The number of piperidine rings is 2. The third kappa shape index (κ3) is 2.39. The minimum absolute atomic E-state index is 0.150. The van der Waals surface area contributed by atoms with Crippen molar-refractivity contribution < 1.29 is 19.0 Å². The molecule has 3 fully saturated rings. The highest BCUT2D eigenvalue weighted by atomic mass is 19.1. The number of carbonyl (C=O) groups excluding carboxylic acids is 1. The van der Waals surface area contributed by atoms with E-state index in [-0.39, 0.29) is 5.92 Å². The standard InChI is InChI=1S/C12H20FNO3/c1-12(2,3)17-11(16)14-6-7-4-5-8(14)9(13)10(7)15/h7-10,15H,4-6H2,1-3H3/t7?,8?,9-,10+/m1/s1. The molecule has 3 rings (SSSR count). The number of amides is 1. The predicted octanol–water partition coefficient (Wildman–Crippen LogP) is 1.71. The summed E-state index contributed by atoms with van der Waals surface area (Å²) in [5.74, 6) is -0.150. The fourth-order valence-electron chi connectivity index (χ4n) is 2.65. The second kappa shape index (κ2) is 4.12. The van der Waals surface area contributed by atoms with Gasteiger partial charge < -0.3 is 14.7 Å². The third-order valence-electron chi connectivity index (χ3n) is 3.47. The normalized spacial score (nSPS) is 37.1. The van der Waals surface area contributed by atoms with Crippen LogP contribution in [0.15, 0.2) is 0 Å². The molecule has 1 saturated carbocycles. The number of hydrogen-bond acceptors (Lipinski definition) is 3. The van der Waals surface area contributed by atoms with Gasteiger partial charge in [-0.1, -0.05) is 0 Å². The van der Waals surface area contributed by atoms with Gasteiger partial charge in [0.1, 0.15) is 11.8 Å². The van der Waals surface area contributed by atoms with Gasteiger partial charge in [-0.25, -0.2) is 9.18 Å². The fourth-order valence-corrected chi connectivity index (χ4v) is 2.65. The summed E-state index contributed by atoms with van der Waals surface area (Å²) >= 11 is 0. The van der Waals surface area contributed by atoms with Gasteiger partial charge in [-0.3, -0.25) is 0 Å². The molecule has 0 radical (unpaired) electrons. The Bertz CT molecular complexity index is 313. The quantitative estimate of drug-likeness (QED) is 0.707. The zero-order chi connectivity index (χ0) is 12.8. The second-order valence-corrected chi connectivity index (χ2v) is 5.97. The highest BCUT2D eigenvalue weighted by molar-refractivity contribution is 5.69. The molecule has 17 heavy (non-hydrogen) atoms. The van der Waals surface area contributed by atoms with E-state index in [1.54, 1.807) is 20.8 Å². The van der Waals surface area contributed by atoms with Gasteiger partial charge in [0.2, 0.25) is 0 Å². The maximum absolute atomic E-state index is 13.8. The van der Waals surface area contributed by atoms with E-state index in [4.69, 9.17) is 4.74 Å². The average Bonchev–Trinajstić information content (AvgIpc) is 2.22. The van der Waals surface area contributed by atoms with Crippen LogP contribution in [0, 0.1) is 5.92 Å². The number of aliphatic hydroxyl groups excluding tert-OH is 1. The van der Waals surface area contributed by atoms with Crippen LogP contribution >= 0.6 is 0 Å². The molecule has 1 amide bonds. The van der Waals surface area contributed by atoms with Crippen molar-refractivity contribution in [2.45, 2.75) is 57.5 Å². The maximum Gasteiger partial charge on any atom is 0.410 e. The van der Waals surface area contributed by atoms with E-state index in [1.807, 2.05) is 0 Å². The van der Waals surface area contributed by atoms with Gasteiger partial charge in [-0.15, -0.1) is 0 Å². The molecule has 3 aliphatic rings. The van der Waals surface area contributed by atoms with Crippen molar-refractivity contribution >= 4 is 6.09 Å². The van der Waals surface area contributed by atoms with Gasteiger partial charge in [-0.05, 0) is 33.6 Å². The van der Waals surface area contributed by atoms with Crippen molar-refractivity contribution in [3.8, 4) is 0 Å². The molecule has 5 heteroatoms. The molecule has 2 unspecified atom stereocenters. The summed E-state index contributed by atoms with van der Waals surface area (Å²) in [6.07, 6.45) is -1.34. The van der Waals surface area contributed by atoms with Crippen LogP contribution in [0.2, 0.25) is 0 Å². The van der Waals surface area contributed by atoms with Crippen LogP contribution in [0.5, 0.6) is 0 Å². The topological polar surface area (TPSA) is 49.8 Å². The van der Waals surface area contributed by atoms with E-state index < -0.39 is 30.0 Å². The number of hydrogen-bond donors (Lipinski definition) is 1. The Labute approximate surface area is 101 Å². The summed E-state index contributed by atoms with van der Waals surface area (Å²) in [6, 6.07) is -0.523. The molecule has 4 nitrogen and oxygen atoms in total. The van der Waals surface area contributed by atoms with Crippen molar-refractivity contribution in [2.24, 2.45) is 5.92 Å². The first-order valence-corrected chi connectivity index (χ1v) is 6.11. The van der Waals surface area contributed by atoms with Crippen LogP contribution in [-0.4, -0.2) is 46.6 Å². The molecule has 2 saturated heterocycles. The summed E-state index contributed by atoms with van der Waals surface area (Å²) < 4.78 is 19.1. The lowest BCUT2D eigenvalue weighted by Gasteiger charge is -2.49. The summed E-state index contributed by atoms with van der Waals surface area (Å²) in [5.41, 5.74) is -0.571. The van der Waals surface area contributed by atoms with Crippen LogP contribution in [0.25, 0.3) is 0 Å². The Morgan fingerprint density at radius 1 is 1.41 bits per heavy atom. The van der Waals surface area contributed by atoms with E-state index in [1.165, 1.54) is 4.90 Å². The zero-order valence-electron chi connectivity index (χ0n) is 10.5. The fraction of sp³-hybridized carbons (Fsp3) is 0.917. The lowest BCUT2D eigenvalue weighted by molar-refractivity contribution is -0.107. The number of rotatable bonds is 0. The molecule has 0 aromatic heterocycles. The molecular weight excluding hydrogens is 225 g/mol. The Balaban J connectivity index is 2.06. The summed E-state index contributed by atoms with van der Waals surface area (Å²) in [5, 5.41) is 9.65. The van der Waals surface area contributed by atoms with Gasteiger partial charge in [0, 0.05) is 12.5 Å². The molecule has 2 bridgehead atoms. The smallest absolute Gasteiger partial charge is 0.410 e. The van der Waals surface area contributed by atoms with Gasteiger partial charge in [-0.2, -0.15) is 0 Å². The second-order valence-electron chi connectivity index (χ2n) is 5.97. The number of fused-ring (bicyclic) bond motifs is 3. The van der Waals surface area contributed by atoms with E-state index in [2.05, 4.69) is 0 Å². The number of aliphatic hydroxyl groups is 1. The molecule has 2 heterocycles. The summed E-state index contributed by atoms with van der Waals surface area (Å²) in [7, 11) is 0. The lowest BCUT2D eigenvalue weighted by Crippen LogP contribution is -2.63. The van der Waals surface area contributed by atoms with Crippen LogP contribution in [0.1, 0.15) is 33.6 Å². The minimum Gasteiger partial charge on any atom is -0.444 e. The van der Waals surface area contributed by atoms with Crippen LogP contribution < -0.4 is 0 Å². The lowest BCUT2D eigenvalue weighted by atomic mass is 9.76. The van der Waals surface area contributed by atoms with Gasteiger partial charge >= 0.3 is 6.09 Å². The number of alkyl halides is 1. The molecule has 0 aromatic carbocycles. The first-order chi connectivity index (χ1) is 7.79. The average molecular weight is 245 g/mol. The largest absolute Gasteiger partial charge is 0.444 e. The van der Waals surface area contributed by atoms with Crippen molar-refractivity contribution in [2.75, 3.05) is 6.54 Å². The Morgan fingerprint density at radius 3 is 2.59 bits per heavy atom. The first kappa shape index (κ1) is 12.6. The van der Waals surface area contributed by atoms with Gasteiger partial charge in [0.25, 0.3) is 0 Å². The number of halogens is 1. The molecule has 98 valence electrons. The number of carbonyl (C=O) groups is 1. The SMILES string of the molecule is CC(C)(C)OC(=O)N1CC2CCC1[C@@H](F)[C@H]2O. The number of ether oxygens (including phenoxy) is 1. The first-order valence-electron chi connectivity index (χ1n) is 6.11. The van der Waals surface area contributed by atoms with E-state index >= 15 is 0 Å². The summed E-state index contributed by atoms with van der Waals surface area (Å²) in [6.45, 7) is 5.76. The Kier molecular flexibility index (Phi) is 3.06. The third-order valence-corrected chi connectivity index (χ3v) is 3.47. The molecule has 1 aliphatic carbocycles. The maximum atomic E-state index is 13.8. The van der Waals surface area contributed by atoms with Crippen molar-refractivity contribution in [3.63, 3.8) is 0 Å². The Hall–Kier alpha value is -0.840. The Morgan fingerprint density at radius 2 is 2.06 bits per heavy atom. The van der Waals surface area contributed by atoms with Crippen LogP contribution in [0.3, 0.4) is 0 Å². The van der Waals surface area contributed by atoms with E-state index in [9.17, 15) is 14.3 Å². The van der Waals surface area contributed by atoms with Crippen molar-refractivity contribution in [1.29, 1.82) is 0 Å². The molecule has 0 spiro atoms. The summed E-state index contributed by atoms with van der Waals surface area (Å²) in [4.78, 5) is 13.4. The monoisotopic (exact) mass is 245 g/mol. The highest BCUT2D eigenvalue weighted by Crippen LogP contribution is 2.37. The van der Waals surface area contributed by atoms with E-state index in [0.29, 0.717) is 13.0 Å². The number of nitrogens with zero attached hydrogens (tertiary/aromatic N) is 1. The molecule has 4 atom stereocenters. The molecule has 1 N–H and O–H groups in total.